The van der Waals surface area contributed by atoms with Gasteiger partial charge in [0.2, 0.25) is 11.8 Å². The van der Waals surface area contributed by atoms with Crippen LogP contribution in [0, 0.1) is 13.8 Å². The highest BCUT2D eigenvalue weighted by molar-refractivity contribution is 5.86. The predicted molar refractivity (Wildman–Crippen MR) is 118 cm³/mol. The van der Waals surface area contributed by atoms with Crippen LogP contribution in [0.5, 0.6) is 5.88 Å². The van der Waals surface area contributed by atoms with Crippen molar-refractivity contribution in [3.8, 4) is 5.88 Å². The van der Waals surface area contributed by atoms with Crippen molar-refractivity contribution in [3.63, 3.8) is 0 Å². The molecule has 1 amide bonds. The first-order chi connectivity index (χ1) is 14.4. The van der Waals surface area contributed by atoms with Crippen molar-refractivity contribution in [2.24, 2.45) is 0 Å². The van der Waals surface area contributed by atoms with Gasteiger partial charge in [-0.1, -0.05) is 12.8 Å². The fourth-order valence-electron chi connectivity index (χ4n) is 5.00. The lowest BCUT2D eigenvalue weighted by molar-refractivity contribution is -0.123. The molecule has 7 heteroatoms. The van der Waals surface area contributed by atoms with Gasteiger partial charge in [-0.2, -0.15) is 0 Å². The molecule has 3 heterocycles. The van der Waals surface area contributed by atoms with E-state index in [0.717, 1.165) is 37.0 Å². The van der Waals surface area contributed by atoms with Gasteiger partial charge in [-0.05, 0) is 58.9 Å². The van der Waals surface area contributed by atoms with E-state index in [-0.39, 0.29) is 18.1 Å². The maximum atomic E-state index is 12.0. The summed E-state index contributed by atoms with van der Waals surface area (Å²) in [5.41, 5.74) is 3.54. The molecule has 1 saturated carbocycles. The molecule has 2 fully saturated rings. The highest BCUT2D eigenvalue weighted by Gasteiger charge is 2.27. The summed E-state index contributed by atoms with van der Waals surface area (Å²) in [5.74, 6) is 0.814. The molecule has 1 N–H and O–H groups in total. The quantitative estimate of drug-likeness (QED) is 0.784. The third-order valence-corrected chi connectivity index (χ3v) is 6.62. The zero-order valence-corrected chi connectivity index (χ0v) is 18.8. The van der Waals surface area contributed by atoms with E-state index in [1.165, 1.54) is 36.9 Å². The van der Waals surface area contributed by atoms with Crippen LogP contribution in [0.4, 0.5) is 0 Å². The Morgan fingerprint density at radius 3 is 2.53 bits per heavy atom. The van der Waals surface area contributed by atoms with Gasteiger partial charge in [0.05, 0.1) is 11.9 Å². The first-order valence-corrected chi connectivity index (χ1v) is 11.4. The minimum atomic E-state index is 0.0984. The number of carbonyl (C=O) groups excluding carboxylic acids is 1. The normalized spacial score (nSPS) is 19.1. The molecule has 0 radical (unpaired) electrons. The number of amides is 1. The lowest BCUT2D eigenvalue weighted by atomic mass is 10.1. The molecule has 164 valence electrons. The van der Waals surface area contributed by atoms with Crippen molar-refractivity contribution in [1.29, 1.82) is 0 Å². The van der Waals surface area contributed by atoms with Crippen molar-refractivity contribution in [3.05, 3.63) is 17.6 Å². The van der Waals surface area contributed by atoms with Gasteiger partial charge in [-0.25, -0.2) is 9.97 Å². The molecule has 0 spiro atoms. The van der Waals surface area contributed by atoms with Gasteiger partial charge in [0.1, 0.15) is 18.1 Å². The van der Waals surface area contributed by atoms with E-state index in [1.807, 2.05) is 13.8 Å². The Labute approximate surface area is 179 Å². The van der Waals surface area contributed by atoms with Gasteiger partial charge < -0.3 is 14.6 Å². The van der Waals surface area contributed by atoms with Crippen LogP contribution in [0.3, 0.4) is 0 Å². The topological polar surface area (TPSA) is 72.3 Å². The molecule has 1 aliphatic carbocycles. The summed E-state index contributed by atoms with van der Waals surface area (Å²) in [7, 11) is 0. The molecule has 7 nitrogen and oxygen atoms in total. The minimum absolute atomic E-state index is 0.0984. The van der Waals surface area contributed by atoms with Crippen molar-refractivity contribution in [1.82, 2.24) is 24.8 Å². The summed E-state index contributed by atoms with van der Waals surface area (Å²) < 4.78 is 8.83. The van der Waals surface area contributed by atoms with Gasteiger partial charge in [-0.3, -0.25) is 9.69 Å². The SMILES string of the molecule is Cc1c(C)n(C2CCCC2)c2ncnc(OC3CCN(CC(=O)NC(C)C)CC3)c12. The average molecular weight is 414 g/mol. The van der Waals surface area contributed by atoms with Gasteiger partial charge in [0, 0.05) is 30.9 Å². The molecule has 0 unspecified atom stereocenters. The molecule has 1 aliphatic heterocycles. The van der Waals surface area contributed by atoms with Crippen LogP contribution >= 0.6 is 0 Å². The molecular weight excluding hydrogens is 378 g/mol. The highest BCUT2D eigenvalue weighted by Crippen LogP contribution is 2.38. The maximum absolute atomic E-state index is 12.0. The van der Waals surface area contributed by atoms with Crippen LogP contribution in [0.1, 0.15) is 69.7 Å². The number of aryl methyl sites for hydroxylation is 1. The fourth-order valence-corrected chi connectivity index (χ4v) is 5.00. The van der Waals surface area contributed by atoms with E-state index in [4.69, 9.17) is 4.74 Å². The molecule has 30 heavy (non-hydrogen) atoms. The van der Waals surface area contributed by atoms with Gasteiger partial charge in [0.25, 0.3) is 0 Å². The van der Waals surface area contributed by atoms with E-state index < -0.39 is 0 Å². The van der Waals surface area contributed by atoms with Gasteiger partial charge >= 0.3 is 0 Å². The van der Waals surface area contributed by atoms with Crippen LogP contribution in [-0.2, 0) is 4.79 Å². The summed E-state index contributed by atoms with van der Waals surface area (Å²) in [6, 6.07) is 0.728. The number of fused-ring (bicyclic) bond motifs is 1. The van der Waals surface area contributed by atoms with Crippen LogP contribution in [0.15, 0.2) is 6.33 Å². The van der Waals surface area contributed by atoms with E-state index in [0.29, 0.717) is 18.5 Å². The molecule has 0 aromatic carbocycles. The zero-order chi connectivity index (χ0) is 21.3. The smallest absolute Gasteiger partial charge is 0.234 e. The second-order valence-corrected chi connectivity index (χ2v) is 9.21. The molecule has 0 bridgehead atoms. The third-order valence-electron chi connectivity index (χ3n) is 6.62. The van der Waals surface area contributed by atoms with Crippen LogP contribution in [0.2, 0.25) is 0 Å². The number of likely N-dealkylation sites (tertiary alicyclic amines) is 1. The summed E-state index contributed by atoms with van der Waals surface area (Å²) in [5, 5.41) is 4.04. The summed E-state index contributed by atoms with van der Waals surface area (Å²) in [6.07, 6.45) is 8.63. The summed E-state index contributed by atoms with van der Waals surface area (Å²) in [4.78, 5) is 23.4. The van der Waals surface area contributed by atoms with Crippen molar-refractivity contribution in [2.45, 2.75) is 84.4 Å². The van der Waals surface area contributed by atoms with Crippen molar-refractivity contribution < 1.29 is 9.53 Å². The highest BCUT2D eigenvalue weighted by atomic mass is 16.5. The van der Waals surface area contributed by atoms with Crippen LogP contribution in [0.25, 0.3) is 11.0 Å². The molecule has 2 aliphatic rings. The number of rotatable bonds is 6. The zero-order valence-electron chi connectivity index (χ0n) is 18.8. The lowest BCUT2D eigenvalue weighted by Crippen LogP contribution is -2.45. The first-order valence-electron chi connectivity index (χ1n) is 11.4. The molecule has 2 aromatic rings. The number of hydrogen-bond donors (Lipinski definition) is 1. The first kappa shape index (κ1) is 21.1. The van der Waals surface area contributed by atoms with Crippen molar-refractivity contribution >= 4 is 16.9 Å². The predicted octanol–water partition coefficient (Wildman–Crippen LogP) is 3.53. The molecular formula is C23H35N5O2. The van der Waals surface area contributed by atoms with Crippen molar-refractivity contribution in [2.75, 3.05) is 19.6 Å². The van der Waals surface area contributed by atoms with Crippen LogP contribution < -0.4 is 10.1 Å². The molecule has 1 saturated heterocycles. The number of nitrogens with one attached hydrogen (secondary N) is 1. The fraction of sp³-hybridized carbons (Fsp3) is 0.696. The van der Waals surface area contributed by atoms with E-state index >= 15 is 0 Å². The van der Waals surface area contributed by atoms with Gasteiger partial charge in [0.15, 0.2) is 0 Å². The lowest BCUT2D eigenvalue weighted by Gasteiger charge is -2.31. The monoisotopic (exact) mass is 413 g/mol. The number of nitrogens with zero attached hydrogens (tertiary/aromatic N) is 4. The summed E-state index contributed by atoms with van der Waals surface area (Å²) in [6.45, 7) is 10.5. The second kappa shape index (κ2) is 8.92. The Kier molecular flexibility index (Phi) is 6.27. The largest absolute Gasteiger partial charge is 0.474 e. The molecule has 0 atom stereocenters. The average Bonchev–Trinajstić information content (AvgIpc) is 3.30. The number of hydrogen-bond acceptors (Lipinski definition) is 5. The Bertz CT molecular complexity index is 893. The standard InChI is InChI=1S/C23H35N5O2/c1-15(2)26-20(29)13-27-11-9-19(10-12-27)30-23-21-16(3)17(4)28(18-7-5-6-8-18)22(21)24-14-25-23/h14-15,18-19H,5-13H2,1-4H3,(H,26,29). The Morgan fingerprint density at radius 2 is 1.87 bits per heavy atom. The molecule has 2 aromatic heterocycles. The van der Waals surface area contributed by atoms with Gasteiger partial charge in [-0.15, -0.1) is 0 Å². The number of ether oxygens (including phenoxy) is 1. The number of aromatic nitrogens is 3. The van der Waals surface area contributed by atoms with E-state index in [1.54, 1.807) is 6.33 Å². The maximum Gasteiger partial charge on any atom is 0.234 e. The summed E-state index contributed by atoms with van der Waals surface area (Å²) >= 11 is 0. The van der Waals surface area contributed by atoms with E-state index in [9.17, 15) is 4.79 Å². The second-order valence-electron chi connectivity index (χ2n) is 9.21. The Hall–Kier alpha value is -2.15. The van der Waals surface area contributed by atoms with E-state index in [2.05, 4.69) is 38.6 Å². The number of piperidine rings is 1. The third kappa shape index (κ3) is 4.31. The van der Waals surface area contributed by atoms with Crippen LogP contribution in [-0.4, -0.2) is 57.1 Å². The minimum Gasteiger partial charge on any atom is -0.474 e. The Balaban J connectivity index is 1.45. The Morgan fingerprint density at radius 1 is 1.17 bits per heavy atom. The molecule has 4 rings (SSSR count). The number of carbonyl (C=O) groups is 1.